The van der Waals surface area contributed by atoms with Crippen LogP contribution >= 0.6 is 0 Å². The molecule has 3 rings (SSSR count). The van der Waals surface area contributed by atoms with E-state index in [2.05, 4.69) is 15.5 Å². The van der Waals surface area contributed by atoms with Gasteiger partial charge in [0.25, 0.3) is 0 Å². The molecule has 1 N–H and O–H groups in total. The molecule has 0 fully saturated rings. The third kappa shape index (κ3) is 3.60. The third-order valence-corrected chi connectivity index (χ3v) is 3.50. The minimum Gasteiger partial charge on any atom is -0.338 e. The van der Waals surface area contributed by atoms with E-state index in [1.54, 1.807) is 30.3 Å². The Balaban J connectivity index is 1.65. The summed E-state index contributed by atoms with van der Waals surface area (Å²) in [5, 5.41) is 7.00. The van der Waals surface area contributed by atoms with Crippen LogP contribution in [0, 0.1) is 11.6 Å². The van der Waals surface area contributed by atoms with E-state index in [1.165, 1.54) is 18.2 Å². The lowest BCUT2D eigenvalue weighted by atomic mass is 10.1. The van der Waals surface area contributed by atoms with E-state index in [0.29, 0.717) is 29.4 Å². The van der Waals surface area contributed by atoms with Crippen LogP contribution in [0.3, 0.4) is 0 Å². The molecule has 0 saturated carbocycles. The Morgan fingerprint density at radius 1 is 1.09 bits per heavy atom. The molecule has 0 aliphatic rings. The maximum Gasteiger partial charge on any atom is 0.240 e. The summed E-state index contributed by atoms with van der Waals surface area (Å²) in [5.41, 5.74) is 1.24. The third-order valence-electron chi connectivity index (χ3n) is 3.50. The number of hydrogen-bond donors (Lipinski definition) is 1. The van der Waals surface area contributed by atoms with E-state index >= 15 is 0 Å². The van der Waals surface area contributed by atoms with Crippen LogP contribution < -0.4 is 5.32 Å². The van der Waals surface area contributed by atoms with Gasteiger partial charge in [-0.1, -0.05) is 23.4 Å². The number of nitrogens with zero attached hydrogens (tertiary/aromatic N) is 2. The molecule has 118 valence electrons. The molecule has 0 aliphatic carbocycles. The van der Waals surface area contributed by atoms with Crippen LogP contribution in [0.5, 0.6) is 0 Å². The van der Waals surface area contributed by atoms with Gasteiger partial charge in [0.15, 0.2) is 0 Å². The summed E-state index contributed by atoms with van der Waals surface area (Å²) in [4.78, 5) is 4.24. The zero-order chi connectivity index (χ0) is 16.2. The summed E-state index contributed by atoms with van der Waals surface area (Å²) in [6, 6.07) is 12.2. The Hall–Kier alpha value is -2.60. The smallest absolute Gasteiger partial charge is 0.240 e. The van der Waals surface area contributed by atoms with Gasteiger partial charge in [0, 0.05) is 17.2 Å². The van der Waals surface area contributed by atoms with Gasteiger partial charge in [0.05, 0.1) is 6.54 Å². The first-order valence-corrected chi connectivity index (χ1v) is 7.20. The van der Waals surface area contributed by atoms with Gasteiger partial charge in [-0.3, -0.25) is 0 Å². The zero-order valence-corrected chi connectivity index (χ0v) is 12.5. The van der Waals surface area contributed by atoms with Gasteiger partial charge >= 0.3 is 0 Å². The predicted molar refractivity (Wildman–Crippen MR) is 81.3 cm³/mol. The molecular weight excluding hydrogens is 300 g/mol. The minimum absolute atomic E-state index is 0.197. The molecule has 4 nitrogen and oxygen atoms in total. The van der Waals surface area contributed by atoms with Gasteiger partial charge < -0.3 is 9.84 Å². The number of halogens is 2. The van der Waals surface area contributed by atoms with Crippen molar-refractivity contribution >= 4 is 0 Å². The van der Waals surface area contributed by atoms with E-state index in [4.69, 9.17) is 4.52 Å². The van der Waals surface area contributed by atoms with Crippen LogP contribution in [-0.4, -0.2) is 10.1 Å². The summed E-state index contributed by atoms with van der Waals surface area (Å²) in [7, 11) is 0. The highest BCUT2D eigenvalue weighted by molar-refractivity contribution is 5.53. The quantitative estimate of drug-likeness (QED) is 0.776. The van der Waals surface area contributed by atoms with Crippen LogP contribution in [0.2, 0.25) is 0 Å². The van der Waals surface area contributed by atoms with Crippen molar-refractivity contribution in [3.63, 3.8) is 0 Å². The summed E-state index contributed by atoms with van der Waals surface area (Å²) in [5.74, 6) is 0.190. The molecule has 23 heavy (non-hydrogen) atoms. The molecule has 0 saturated heterocycles. The fraction of sp³-hybridized carbons (Fsp3) is 0.176. The number of rotatable bonds is 5. The first-order valence-electron chi connectivity index (χ1n) is 7.20. The average Bonchev–Trinajstić information content (AvgIpc) is 3.03. The van der Waals surface area contributed by atoms with E-state index in [-0.39, 0.29) is 17.7 Å². The van der Waals surface area contributed by atoms with Gasteiger partial charge in [0.2, 0.25) is 11.7 Å². The average molecular weight is 315 g/mol. The SMILES string of the molecule is C[C@@H](NCc1nc(-c2ccc(F)cc2)no1)c1ccccc1F. The Morgan fingerprint density at radius 2 is 1.83 bits per heavy atom. The topological polar surface area (TPSA) is 51.0 Å². The molecule has 0 aliphatic heterocycles. The molecule has 0 bridgehead atoms. The summed E-state index contributed by atoms with van der Waals surface area (Å²) in [6.45, 7) is 2.17. The Labute approximate surface area is 132 Å². The lowest BCUT2D eigenvalue weighted by Gasteiger charge is -2.13. The van der Waals surface area contributed by atoms with E-state index < -0.39 is 0 Å². The highest BCUT2D eigenvalue weighted by atomic mass is 19.1. The lowest BCUT2D eigenvalue weighted by Crippen LogP contribution is -2.19. The zero-order valence-electron chi connectivity index (χ0n) is 12.5. The van der Waals surface area contributed by atoms with Crippen molar-refractivity contribution in [3.05, 3.63) is 71.6 Å². The van der Waals surface area contributed by atoms with Crippen LogP contribution in [0.25, 0.3) is 11.4 Å². The van der Waals surface area contributed by atoms with Gasteiger partial charge in [0.1, 0.15) is 11.6 Å². The molecule has 6 heteroatoms. The molecule has 0 unspecified atom stereocenters. The Kier molecular flexibility index (Phi) is 4.43. The van der Waals surface area contributed by atoms with E-state index in [9.17, 15) is 8.78 Å². The van der Waals surface area contributed by atoms with Crippen molar-refractivity contribution in [2.24, 2.45) is 0 Å². The summed E-state index contributed by atoms with van der Waals surface area (Å²) in [6.07, 6.45) is 0. The highest BCUT2D eigenvalue weighted by Gasteiger charge is 2.13. The van der Waals surface area contributed by atoms with Crippen LogP contribution in [0.15, 0.2) is 53.1 Å². The maximum absolute atomic E-state index is 13.7. The van der Waals surface area contributed by atoms with Gasteiger partial charge in [-0.25, -0.2) is 8.78 Å². The fourth-order valence-corrected chi connectivity index (χ4v) is 2.22. The standard InChI is InChI=1S/C17H15F2N3O/c1-11(14-4-2-3-5-15(14)19)20-10-16-21-17(22-23-16)12-6-8-13(18)9-7-12/h2-9,11,20H,10H2,1H3/t11-/m1/s1. The van der Waals surface area contributed by atoms with Crippen molar-refractivity contribution in [3.8, 4) is 11.4 Å². The lowest BCUT2D eigenvalue weighted by molar-refractivity contribution is 0.359. The van der Waals surface area contributed by atoms with Crippen LogP contribution in [0.4, 0.5) is 8.78 Å². The number of hydrogen-bond acceptors (Lipinski definition) is 4. The largest absolute Gasteiger partial charge is 0.338 e. The van der Waals surface area contributed by atoms with Gasteiger partial charge in [-0.05, 0) is 37.3 Å². The second-order valence-electron chi connectivity index (χ2n) is 5.14. The number of benzene rings is 2. The monoisotopic (exact) mass is 315 g/mol. The molecular formula is C17H15F2N3O. The molecule has 0 radical (unpaired) electrons. The highest BCUT2D eigenvalue weighted by Crippen LogP contribution is 2.18. The van der Waals surface area contributed by atoms with Crippen molar-refractivity contribution < 1.29 is 13.3 Å². The summed E-state index contributed by atoms with van der Waals surface area (Å²) >= 11 is 0. The minimum atomic E-state index is -0.321. The van der Waals surface area contributed by atoms with Gasteiger partial charge in [-0.15, -0.1) is 0 Å². The molecule has 1 heterocycles. The van der Waals surface area contributed by atoms with Crippen molar-refractivity contribution in [1.29, 1.82) is 0 Å². The fourth-order valence-electron chi connectivity index (χ4n) is 2.22. The van der Waals surface area contributed by atoms with Crippen LogP contribution in [-0.2, 0) is 6.54 Å². The molecule has 3 aromatic rings. The Morgan fingerprint density at radius 3 is 2.57 bits per heavy atom. The van der Waals surface area contributed by atoms with Crippen molar-refractivity contribution in [1.82, 2.24) is 15.5 Å². The Bertz CT molecular complexity index is 787. The molecule has 2 aromatic carbocycles. The predicted octanol–water partition coefficient (Wildman–Crippen LogP) is 3.87. The molecule has 1 aromatic heterocycles. The van der Waals surface area contributed by atoms with E-state index in [1.807, 2.05) is 6.92 Å². The molecule has 1 atom stereocenters. The van der Waals surface area contributed by atoms with Crippen LogP contribution in [0.1, 0.15) is 24.4 Å². The number of nitrogens with one attached hydrogen (secondary N) is 1. The second-order valence-corrected chi connectivity index (χ2v) is 5.14. The van der Waals surface area contributed by atoms with Gasteiger partial charge in [-0.2, -0.15) is 4.98 Å². The maximum atomic E-state index is 13.7. The first-order chi connectivity index (χ1) is 11.1. The first kappa shape index (κ1) is 15.3. The van der Waals surface area contributed by atoms with E-state index in [0.717, 1.165) is 0 Å². The number of aromatic nitrogens is 2. The molecule has 0 amide bonds. The van der Waals surface area contributed by atoms with Crippen molar-refractivity contribution in [2.75, 3.05) is 0 Å². The second kappa shape index (κ2) is 6.66. The normalized spacial score (nSPS) is 12.3. The molecule has 0 spiro atoms. The van der Waals surface area contributed by atoms with Crippen molar-refractivity contribution in [2.45, 2.75) is 19.5 Å². The summed E-state index contributed by atoms with van der Waals surface area (Å²) < 4.78 is 31.8.